The van der Waals surface area contributed by atoms with Crippen LogP contribution in [0.3, 0.4) is 0 Å². The molecular formula is C32H42N6O2. The fourth-order valence-corrected chi connectivity index (χ4v) is 6.02. The Hall–Kier alpha value is -3.46. The summed E-state index contributed by atoms with van der Waals surface area (Å²) in [6, 6.07) is 10.8. The first-order chi connectivity index (χ1) is 19.2. The highest BCUT2D eigenvalue weighted by molar-refractivity contribution is 6.03. The van der Waals surface area contributed by atoms with Crippen LogP contribution in [0, 0.1) is 19.3 Å². The standard InChI is InChI=1S/C32H42N6O2/c1-21-6-7-24(18-25(21)19-38-13-12-35-28(38)20-37-14-16-40-17-15-37)29(32(3,4)31(39)23-8-9-23)26-10-11-27(34-5)30(36-33)22(26)2/h6-8,10-13,18,29,34,36H,9,14-17,19-20,33H2,1-5H3. The molecule has 2 aliphatic rings. The molecule has 0 spiro atoms. The van der Waals surface area contributed by atoms with E-state index in [1.54, 1.807) is 0 Å². The normalized spacial score (nSPS) is 16.4. The first kappa shape index (κ1) is 28.1. The number of aryl methyl sites for hydroxylation is 1. The summed E-state index contributed by atoms with van der Waals surface area (Å²) in [7, 11) is 1.88. The first-order valence-corrected chi connectivity index (χ1v) is 14.2. The Bertz CT molecular complexity index is 1420. The molecule has 2 heterocycles. The van der Waals surface area contributed by atoms with Crippen LogP contribution in [0.5, 0.6) is 0 Å². The third kappa shape index (κ3) is 5.57. The van der Waals surface area contributed by atoms with Gasteiger partial charge in [0.25, 0.3) is 0 Å². The highest BCUT2D eigenvalue weighted by atomic mass is 16.5. The number of carbonyl (C=O) groups excluding carboxylic acids is 1. The van der Waals surface area contributed by atoms with Crippen LogP contribution in [0.4, 0.5) is 11.4 Å². The van der Waals surface area contributed by atoms with Gasteiger partial charge in [0.1, 0.15) is 5.82 Å². The number of nitrogens with zero attached hydrogens (tertiary/aromatic N) is 3. The molecule has 5 rings (SSSR count). The molecule has 4 N–H and O–H groups in total. The van der Waals surface area contributed by atoms with E-state index in [0.717, 1.165) is 85.3 Å². The summed E-state index contributed by atoms with van der Waals surface area (Å²) < 4.78 is 7.76. The lowest BCUT2D eigenvalue weighted by atomic mass is 9.67. The number of nitrogens with two attached hydrogens (primary N) is 1. The first-order valence-electron chi connectivity index (χ1n) is 14.2. The van der Waals surface area contributed by atoms with Gasteiger partial charge in [0.05, 0.1) is 31.1 Å². The predicted molar refractivity (Wildman–Crippen MR) is 160 cm³/mol. The Morgan fingerprint density at radius 1 is 1.15 bits per heavy atom. The lowest BCUT2D eigenvalue weighted by Crippen LogP contribution is -2.36. The quantitative estimate of drug-likeness (QED) is 0.237. The monoisotopic (exact) mass is 542 g/mol. The number of hydrogen-bond acceptors (Lipinski definition) is 7. The van der Waals surface area contributed by atoms with Crippen LogP contribution in [-0.2, 0) is 22.6 Å². The van der Waals surface area contributed by atoms with E-state index >= 15 is 0 Å². The summed E-state index contributed by atoms with van der Waals surface area (Å²) in [6.07, 6.45) is 6.76. The van der Waals surface area contributed by atoms with Gasteiger partial charge in [0, 0.05) is 50.4 Å². The minimum Gasteiger partial charge on any atom is -0.386 e. The van der Waals surface area contributed by atoms with Crippen molar-refractivity contribution in [3.8, 4) is 0 Å². The summed E-state index contributed by atoms with van der Waals surface area (Å²) in [5.74, 6) is 7.08. The number of aromatic nitrogens is 2. The van der Waals surface area contributed by atoms with Crippen LogP contribution in [0.2, 0.25) is 0 Å². The van der Waals surface area contributed by atoms with E-state index < -0.39 is 5.41 Å². The number of ketones is 1. The van der Waals surface area contributed by atoms with Crippen LogP contribution in [0.1, 0.15) is 59.8 Å². The molecule has 1 atom stereocenters. The predicted octanol–water partition coefficient (Wildman–Crippen LogP) is 4.77. The zero-order chi connectivity index (χ0) is 28.4. The van der Waals surface area contributed by atoms with Gasteiger partial charge in [-0.1, -0.05) is 44.2 Å². The van der Waals surface area contributed by atoms with Crippen LogP contribution in [-0.4, -0.2) is 53.6 Å². The van der Waals surface area contributed by atoms with Gasteiger partial charge in [0.2, 0.25) is 0 Å². The highest BCUT2D eigenvalue weighted by Gasteiger charge is 2.42. The molecule has 1 aliphatic heterocycles. The van der Waals surface area contributed by atoms with Crippen molar-refractivity contribution in [1.82, 2.24) is 14.5 Å². The van der Waals surface area contributed by atoms with Crippen LogP contribution >= 0.6 is 0 Å². The lowest BCUT2D eigenvalue weighted by Gasteiger charge is -2.35. The lowest BCUT2D eigenvalue weighted by molar-refractivity contribution is -0.123. The molecule has 40 heavy (non-hydrogen) atoms. The minimum atomic E-state index is -0.650. The smallest absolute Gasteiger partial charge is 0.165 e. The molecule has 3 aromatic rings. The molecule has 0 radical (unpaired) electrons. The molecule has 212 valence electrons. The second kappa shape index (κ2) is 11.6. The van der Waals surface area contributed by atoms with E-state index in [4.69, 9.17) is 10.6 Å². The summed E-state index contributed by atoms with van der Waals surface area (Å²) >= 11 is 0. The number of ether oxygens (including phenoxy) is 1. The molecule has 8 nitrogen and oxygen atoms in total. The van der Waals surface area contributed by atoms with Crippen molar-refractivity contribution in [3.63, 3.8) is 0 Å². The van der Waals surface area contributed by atoms with Crippen molar-refractivity contribution < 1.29 is 9.53 Å². The number of hydrogen-bond donors (Lipinski definition) is 3. The number of morpholine rings is 1. The van der Waals surface area contributed by atoms with E-state index in [0.29, 0.717) is 0 Å². The second-order valence-corrected chi connectivity index (χ2v) is 11.6. The Morgan fingerprint density at radius 2 is 1.90 bits per heavy atom. The molecule has 0 amide bonds. The van der Waals surface area contributed by atoms with Crippen molar-refractivity contribution in [1.29, 1.82) is 0 Å². The molecule has 1 aromatic heterocycles. The number of Topliss-reactive ketones (excluding diaryl/α,β-unsaturated/α-hetero) is 1. The molecule has 1 saturated heterocycles. The topological polar surface area (TPSA) is 97.4 Å². The highest BCUT2D eigenvalue weighted by Crippen LogP contribution is 2.48. The van der Waals surface area contributed by atoms with Gasteiger partial charge in [-0.25, -0.2) is 4.98 Å². The second-order valence-electron chi connectivity index (χ2n) is 11.6. The molecule has 8 heteroatoms. The minimum absolute atomic E-state index is 0.158. The average Bonchev–Trinajstić information content (AvgIpc) is 3.71. The Morgan fingerprint density at radius 3 is 2.58 bits per heavy atom. The van der Waals surface area contributed by atoms with Crippen molar-refractivity contribution in [3.05, 3.63) is 88.0 Å². The number of nitrogens with one attached hydrogen (secondary N) is 2. The molecule has 0 saturated carbocycles. The third-order valence-corrected chi connectivity index (χ3v) is 8.56. The molecule has 1 fully saturated rings. The van der Waals surface area contributed by atoms with Crippen LogP contribution < -0.4 is 16.6 Å². The van der Waals surface area contributed by atoms with Crippen molar-refractivity contribution in [2.45, 2.75) is 53.1 Å². The largest absolute Gasteiger partial charge is 0.386 e. The fraction of sp³-hybridized carbons (Fsp3) is 0.438. The molecule has 2 aromatic carbocycles. The van der Waals surface area contributed by atoms with E-state index in [-0.39, 0.29) is 11.7 Å². The molecule has 1 aliphatic carbocycles. The van der Waals surface area contributed by atoms with Gasteiger partial charge >= 0.3 is 0 Å². The molecule has 0 bridgehead atoms. The number of nitrogen functional groups attached to an aromatic ring is 1. The van der Waals surface area contributed by atoms with E-state index in [9.17, 15) is 4.79 Å². The Kier molecular flexibility index (Phi) is 8.12. The summed E-state index contributed by atoms with van der Waals surface area (Å²) in [6.45, 7) is 13.3. The summed E-state index contributed by atoms with van der Waals surface area (Å²) in [5, 5.41) is 3.22. The Labute approximate surface area is 237 Å². The zero-order valence-electron chi connectivity index (χ0n) is 24.4. The molecule has 1 unspecified atom stereocenters. The number of imidazole rings is 1. The number of anilines is 2. The number of hydrazine groups is 1. The van der Waals surface area contributed by atoms with Gasteiger partial charge in [-0.2, -0.15) is 0 Å². The average molecular weight is 543 g/mol. The van der Waals surface area contributed by atoms with E-state index in [2.05, 4.69) is 83.4 Å². The number of allylic oxidation sites excluding steroid dienone is 2. The Balaban J connectivity index is 1.54. The summed E-state index contributed by atoms with van der Waals surface area (Å²) in [4.78, 5) is 20.8. The third-order valence-electron chi connectivity index (χ3n) is 8.56. The maximum Gasteiger partial charge on any atom is 0.165 e. The van der Waals surface area contributed by atoms with Gasteiger partial charge < -0.3 is 20.0 Å². The number of carbonyl (C=O) groups is 1. The maximum absolute atomic E-state index is 13.7. The summed E-state index contributed by atoms with van der Waals surface area (Å²) in [5.41, 5.74) is 10.6. The van der Waals surface area contributed by atoms with E-state index in [1.165, 1.54) is 11.1 Å². The number of benzene rings is 2. The van der Waals surface area contributed by atoms with Gasteiger partial charge in [-0.15, -0.1) is 0 Å². The van der Waals surface area contributed by atoms with Crippen LogP contribution in [0.25, 0.3) is 0 Å². The van der Waals surface area contributed by atoms with Gasteiger partial charge in [-0.05, 0) is 59.7 Å². The zero-order valence-corrected chi connectivity index (χ0v) is 24.4. The number of rotatable bonds is 11. The van der Waals surface area contributed by atoms with Gasteiger partial charge in [-0.3, -0.25) is 15.5 Å². The van der Waals surface area contributed by atoms with Crippen LogP contribution in [0.15, 0.2) is 54.4 Å². The van der Waals surface area contributed by atoms with Crippen molar-refractivity contribution >= 4 is 17.2 Å². The van der Waals surface area contributed by atoms with Gasteiger partial charge in [0.15, 0.2) is 5.78 Å². The fourth-order valence-electron chi connectivity index (χ4n) is 6.02. The van der Waals surface area contributed by atoms with Crippen molar-refractivity contribution in [2.75, 3.05) is 44.1 Å². The SMILES string of the molecule is CNc1ccc(C(c2ccc(C)c(Cn3ccnc3CN3CCOCC3)c2)C(C)(C)C(=O)C2=CC2)c(C)c1NN. The van der Waals surface area contributed by atoms with Crippen molar-refractivity contribution in [2.24, 2.45) is 11.3 Å². The van der Waals surface area contributed by atoms with E-state index in [1.807, 2.05) is 25.4 Å². The maximum atomic E-state index is 13.7. The molecular weight excluding hydrogens is 500 g/mol.